The summed E-state index contributed by atoms with van der Waals surface area (Å²) in [6.07, 6.45) is 4.53. The van der Waals surface area contributed by atoms with Gasteiger partial charge in [-0.05, 0) is 55.3 Å². The molecule has 1 amide bonds. The molecule has 1 aromatic heterocycles. The number of carbonyl (C=O) groups excluding carboxylic acids is 2. The van der Waals surface area contributed by atoms with Gasteiger partial charge in [-0.25, -0.2) is 0 Å². The third-order valence-electron chi connectivity index (χ3n) is 4.97. The molecule has 3 aromatic rings. The molecule has 1 saturated heterocycles. The summed E-state index contributed by atoms with van der Waals surface area (Å²) in [5.41, 5.74) is 1.17. The van der Waals surface area contributed by atoms with Crippen molar-refractivity contribution in [1.82, 2.24) is 4.90 Å². The Kier molecular flexibility index (Phi) is 5.24. The summed E-state index contributed by atoms with van der Waals surface area (Å²) >= 11 is 0. The van der Waals surface area contributed by atoms with Crippen molar-refractivity contribution in [3.05, 3.63) is 84.3 Å². The van der Waals surface area contributed by atoms with Gasteiger partial charge in [-0.1, -0.05) is 18.2 Å². The first-order chi connectivity index (χ1) is 13.7. The van der Waals surface area contributed by atoms with Crippen LogP contribution in [-0.2, 0) is 0 Å². The summed E-state index contributed by atoms with van der Waals surface area (Å²) in [6, 6.07) is 18.3. The second-order valence-electron chi connectivity index (χ2n) is 6.91. The van der Waals surface area contributed by atoms with Crippen LogP contribution >= 0.6 is 0 Å². The number of carbonyl (C=O) groups is 2. The largest absolute Gasteiger partial charge is 0.472 e. The number of benzene rings is 2. The lowest BCUT2D eigenvalue weighted by molar-refractivity contribution is 0.0636. The van der Waals surface area contributed by atoms with Crippen LogP contribution in [-0.4, -0.2) is 29.7 Å². The Labute approximate surface area is 163 Å². The lowest BCUT2D eigenvalue weighted by atomic mass is 9.89. The van der Waals surface area contributed by atoms with Gasteiger partial charge in [0.05, 0.1) is 11.8 Å². The van der Waals surface area contributed by atoms with Crippen LogP contribution in [0.4, 0.5) is 0 Å². The third kappa shape index (κ3) is 3.98. The summed E-state index contributed by atoms with van der Waals surface area (Å²) in [6.45, 7) is 1.10. The highest BCUT2D eigenvalue weighted by atomic mass is 16.5. The van der Waals surface area contributed by atoms with Crippen LogP contribution in [0.25, 0.3) is 0 Å². The van der Waals surface area contributed by atoms with E-state index in [0.29, 0.717) is 30.0 Å². The number of amides is 1. The molecule has 142 valence electrons. The molecular weight excluding hydrogens is 354 g/mol. The van der Waals surface area contributed by atoms with E-state index in [1.54, 1.807) is 35.2 Å². The SMILES string of the molecule is O=C(c1ccc(Oc2ccccc2)cc1)C1CCCN(C(=O)c2ccoc2)C1. The Bertz CT molecular complexity index is 933. The number of para-hydroxylation sites is 1. The van der Waals surface area contributed by atoms with Gasteiger partial charge in [-0.2, -0.15) is 0 Å². The number of hydrogen-bond acceptors (Lipinski definition) is 4. The second-order valence-corrected chi connectivity index (χ2v) is 6.91. The van der Waals surface area contributed by atoms with Crippen LogP contribution in [0, 0.1) is 5.92 Å². The molecule has 0 saturated carbocycles. The Hall–Kier alpha value is -3.34. The Morgan fingerprint density at radius 1 is 0.929 bits per heavy atom. The lowest BCUT2D eigenvalue weighted by Crippen LogP contribution is -2.42. The van der Waals surface area contributed by atoms with Crippen LogP contribution in [0.3, 0.4) is 0 Å². The highest BCUT2D eigenvalue weighted by Gasteiger charge is 2.29. The zero-order chi connectivity index (χ0) is 19.3. The van der Waals surface area contributed by atoms with Gasteiger partial charge < -0.3 is 14.1 Å². The molecule has 2 heterocycles. The Balaban J connectivity index is 1.41. The minimum atomic E-state index is -0.189. The molecule has 1 aliphatic heterocycles. The predicted octanol–water partition coefficient (Wildman–Crippen LogP) is 4.81. The molecular formula is C23H21NO4. The highest BCUT2D eigenvalue weighted by molar-refractivity contribution is 5.99. The van der Waals surface area contributed by atoms with Crippen LogP contribution in [0.2, 0.25) is 0 Å². The van der Waals surface area contributed by atoms with Crippen molar-refractivity contribution in [1.29, 1.82) is 0 Å². The van der Waals surface area contributed by atoms with Gasteiger partial charge in [0.15, 0.2) is 5.78 Å². The van der Waals surface area contributed by atoms with E-state index in [4.69, 9.17) is 9.15 Å². The summed E-state index contributed by atoms with van der Waals surface area (Å²) in [4.78, 5) is 27.2. The summed E-state index contributed by atoms with van der Waals surface area (Å²) in [5, 5.41) is 0. The van der Waals surface area contributed by atoms with Gasteiger partial charge >= 0.3 is 0 Å². The molecule has 28 heavy (non-hydrogen) atoms. The van der Waals surface area contributed by atoms with E-state index in [9.17, 15) is 9.59 Å². The summed E-state index contributed by atoms with van der Waals surface area (Å²) in [7, 11) is 0. The normalized spacial score (nSPS) is 16.6. The number of hydrogen-bond donors (Lipinski definition) is 0. The number of Topliss-reactive ketones (excluding diaryl/α,β-unsaturated/α-hetero) is 1. The Morgan fingerprint density at radius 2 is 1.68 bits per heavy atom. The highest BCUT2D eigenvalue weighted by Crippen LogP contribution is 2.25. The molecule has 5 nitrogen and oxygen atoms in total. The van der Waals surface area contributed by atoms with Crippen LogP contribution in [0.5, 0.6) is 11.5 Å². The maximum absolute atomic E-state index is 12.9. The molecule has 1 atom stereocenters. The first kappa shape index (κ1) is 18.0. The minimum absolute atomic E-state index is 0.0657. The van der Waals surface area contributed by atoms with E-state index in [-0.39, 0.29) is 17.6 Å². The fourth-order valence-electron chi connectivity index (χ4n) is 3.49. The number of ether oxygens (including phenoxy) is 1. The van der Waals surface area contributed by atoms with Crippen molar-refractivity contribution < 1.29 is 18.7 Å². The number of furan rings is 1. The van der Waals surface area contributed by atoms with E-state index in [1.807, 2.05) is 30.3 Å². The molecule has 0 N–H and O–H groups in total. The number of nitrogens with zero attached hydrogens (tertiary/aromatic N) is 1. The van der Waals surface area contributed by atoms with E-state index >= 15 is 0 Å². The molecule has 2 aromatic carbocycles. The van der Waals surface area contributed by atoms with E-state index in [0.717, 1.165) is 18.6 Å². The quantitative estimate of drug-likeness (QED) is 0.601. The summed E-state index contributed by atoms with van der Waals surface area (Å²) in [5.74, 6) is 1.23. The van der Waals surface area contributed by atoms with Crippen LogP contribution in [0.1, 0.15) is 33.6 Å². The monoisotopic (exact) mass is 375 g/mol. The molecule has 4 rings (SSSR count). The average molecular weight is 375 g/mol. The predicted molar refractivity (Wildman–Crippen MR) is 105 cm³/mol. The molecule has 0 bridgehead atoms. The number of likely N-dealkylation sites (tertiary alicyclic amines) is 1. The van der Waals surface area contributed by atoms with E-state index in [2.05, 4.69) is 0 Å². The fraction of sp³-hybridized carbons (Fsp3) is 0.217. The lowest BCUT2D eigenvalue weighted by Gasteiger charge is -2.31. The molecule has 0 aliphatic carbocycles. The average Bonchev–Trinajstić information content (AvgIpc) is 3.29. The van der Waals surface area contributed by atoms with Crippen molar-refractivity contribution in [3.8, 4) is 11.5 Å². The molecule has 1 unspecified atom stereocenters. The maximum Gasteiger partial charge on any atom is 0.257 e. The number of ketones is 1. The van der Waals surface area contributed by atoms with Gasteiger partial charge in [0.25, 0.3) is 5.91 Å². The first-order valence-corrected chi connectivity index (χ1v) is 9.39. The van der Waals surface area contributed by atoms with Gasteiger partial charge in [-0.3, -0.25) is 9.59 Å². The molecule has 5 heteroatoms. The molecule has 0 spiro atoms. The van der Waals surface area contributed by atoms with Gasteiger partial charge in [0.1, 0.15) is 17.8 Å². The topological polar surface area (TPSA) is 59.8 Å². The number of piperidine rings is 1. The maximum atomic E-state index is 12.9. The van der Waals surface area contributed by atoms with E-state index in [1.165, 1.54) is 12.5 Å². The smallest absolute Gasteiger partial charge is 0.257 e. The van der Waals surface area contributed by atoms with Crippen LogP contribution in [0.15, 0.2) is 77.6 Å². The van der Waals surface area contributed by atoms with Crippen molar-refractivity contribution in [3.63, 3.8) is 0 Å². The minimum Gasteiger partial charge on any atom is -0.472 e. The number of rotatable bonds is 5. The zero-order valence-corrected chi connectivity index (χ0v) is 15.4. The molecule has 1 aliphatic rings. The van der Waals surface area contributed by atoms with Crippen molar-refractivity contribution in [2.75, 3.05) is 13.1 Å². The second kappa shape index (κ2) is 8.13. The first-order valence-electron chi connectivity index (χ1n) is 9.39. The fourth-order valence-corrected chi connectivity index (χ4v) is 3.49. The summed E-state index contributed by atoms with van der Waals surface area (Å²) < 4.78 is 10.8. The molecule has 1 fully saturated rings. The van der Waals surface area contributed by atoms with Gasteiger partial charge in [0, 0.05) is 24.6 Å². The zero-order valence-electron chi connectivity index (χ0n) is 15.4. The van der Waals surface area contributed by atoms with Crippen molar-refractivity contribution in [2.24, 2.45) is 5.92 Å². The molecule has 0 radical (unpaired) electrons. The van der Waals surface area contributed by atoms with Crippen molar-refractivity contribution in [2.45, 2.75) is 12.8 Å². The standard InChI is InChI=1S/C23H21NO4/c25-22(17-8-10-21(11-9-17)28-20-6-2-1-3-7-20)18-5-4-13-24(15-18)23(26)19-12-14-27-16-19/h1-3,6-12,14,16,18H,4-5,13,15H2. The third-order valence-corrected chi connectivity index (χ3v) is 4.97. The van der Waals surface area contributed by atoms with Gasteiger partial charge in [0.2, 0.25) is 0 Å². The van der Waals surface area contributed by atoms with E-state index < -0.39 is 0 Å². The van der Waals surface area contributed by atoms with Crippen LogP contribution < -0.4 is 4.74 Å². The van der Waals surface area contributed by atoms with Crippen molar-refractivity contribution >= 4 is 11.7 Å². The Morgan fingerprint density at radius 3 is 2.39 bits per heavy atom. The van der Waals surface area contributed by atoms with Gasteiger partial charge in [-0.15, -0.1) is 0 Å².